The average Bonchev–Trinajstić information content (AvgIpc) is 3.31. The van der Waals surface area contributed by atoms with E-state index in [2.05, 4.69) is 0 Å². The van der Waals surface area contributed by atoms with Crippen LogP contribution in [0.15, 0.2) is 30.3 Å². The van der Waals surface area contributed by atoms with Gasteiger partial charge >= 0.3 is 10.2 Å². The van der Waals surface area contributed by atoms with E-state index < -0.39 is 49.9 Å². The van der Waals surface area contributed by atoms with Gasteiger partial charge in [0.15, 0.2) is 5.82 Å². The highest BCUT2D eigenvalue weighted by Crippen LogP contribution is 2.39. The Morgan fingerprint density at radius 2 is 2.00 bits per heavy atom. The molecule has 2 aliphatic heterocycles. The minimum atomic E-state index is -4.32. The monoisotopic (exact) mass is 485 g/mol. The maximum atomic E-state index is 15.4. The third-order valence-electron chi connectivity index (χ3n) is 5.30. The van der Waals surface area contributed by atoms with Crippen molar-refractivity contribution in [3.05, 3.63) is 41.7 Å². The Hall–Kier alpha value is -2.74. The number of hydrogen-bond donors (Lipinski definition) is 2. The van der Waals surface area contributed by atoms with Crippen molar-refractivity contribution in [1.29, 1.82) is 0 Å². The zero-order valence-electron chi connectivity index (χ0n) is 16.9. The van der Waals surface area contributed by atoms with Gasteiger partial charge in [-0.3, -0.25) is 4.79 Å². The summed E-state index contributed by atoms with van der Waals surface area (Å²) in [6, 6.07) is 5.88. The number of phenols is 1. The number of hydrogen-bond acceptors (Lipinski definition) is 7. The summed E-state index contributed by atoms with van der Waals surface area (Å²) in [6.45, 7) is -0.318. The second-order valence-electron chi connectivity index (χ2n) is 7.36. The number of nitrogens with one attached hydrogen (secondary N) is 1. The molecule has 2 aromatic rings. The first-order chi connectivity index (χ1) is 15.0. The molecule has 0 aliphatic carbocycles. The molecule has 2 N–H and O–H groups in total. The summed E-state index contributed by atoms with van der Waals surface area (Å²) >= 11 is 0. The van der Waals surface area contributed by atoms with Crippen LogP contribution in [-0.4, -0.2) is 71.3 Å². The minimum Gasteiger partial charge on any atom is -0.506 e. The number of nitrogens with zero attached hydrogens (tertiary/aromatic N) is 2. The highest BCUT2D eigenvalue weighted by atomic mass is 32.2. The van der Waals surface area contributed by atoms with Gasteiger partial charge in [0.1, 0.15) is 18.0 Å². The number of aromatic hydroxyl groups is 1. The van der Waals surface area contributed by atoms with Crippen molar-refractivity contribution >= 4 is 48.2 Å². The Balaban J connectivity index is 1.70. The number of fused-ring (bicyclic) bond motifs is 1. The van der Waals surface area contributed by atoms with Crippen LogP contribution in [0.4, 0.5) is 10.1 Å². The number of ether oxygens (including phenoxy) is 1. The molecule has 10 nitrogen and oxygen atoms in total. The molecule has 13 heteroatoms. The summed E-state index contributed by atoms with van der Waals surface area (Å²) in [5.74, 6) is -2.64. The molecule has 0 bridgehead atoms. The van der Waals surface area contributed by atoms with Crippen LogP contribution < -0.4 is 9.03 Å². The molecule has 172 valence electrons. The molecule has 0 saturated carbocycles. The van der Waals surface area contributed by atoms with Crippen LogP contribution in [0, 0.1) is 5.82 Å². The number of methoxy groups -OCH3 is 1. The molecule has 2 aliphatic rings. The van der Waals surface area contributed by atoms with E-state index in [0.717, 1.165) is 0 Å². The fraction of sp³-hybridized carbons (Fsp3) is 0.316. The summed E-state index contributed by atoms with van der Waals surface area (Å²) in [5, 5.41) is 10.6. The Morgan fingerprint density at radius 1 is 1.25 bits per heavy atom. The van der Waals surface area contributed by atoms with Gasteiger partial charge in [-0.25, -0.2) is 21.8 Å². The fourth-order valence-electron chi connectivity index (χ4n) is 3.68. The smallest absolute Gasteiger partial charge is 0.326 e. The lowest BCUT2D eigenvalue weighted by Gasteiger charge is -2.19. The molecule has 2 aromatic carbocycles. The van der Waals surface area contributed by atoms with Gasteiger partial charge < -0.3 is 9.84 Å². The summed E-state index contributed by atoms with van der Waals surface area (Å²) < 4.78 is 72.7. The van der Waals surface area contributed by atoms with Gasteiger partial charge in [0.2, 0.25) is 10.0 Å². The number of carbonyl (C=O) groups excluding carboxylic acids is 1. The van der Waals surface area contributed by atoms with E-state index in [-0.39, 0.29) is 30.8 Å². The normalized spacial score (nSPS) is 18.9. The van der Waals surface area contributed by atoms with Crippen molar-refractivity contribution < 1.29 is 35.9 Å². The molecule has 0 aromatic heterocycles. The van der Waals surface area contributed by atoms with Gasteiger partial charge in [-0.1, -0.05) is 18.2 Å². The third kappa shape index (κ3) is 3.92. The molecule has 1 amide bonds. The predicted molar refractivity (Wildman–Crippen MR) is 115 cm³/mol. The third-order valence-corrected chi connectivity index (χ3v) is 8.42. The summed E-state index contributed by atoms with van der Waals surface area (Å²) in [5.41, 5.74) is 0.584. The number of rotatable bonds is 6. The second kappa shape index (κ2) is 7.99. The fourth-order valence-corrected chi connectivity index (χ4v) is 6.12. The summed E-state index contributed by atoms with van der Waals surface area (Å²) in [6.07, 6.45) is 1.72. The van der Waals surface area contributed by atoms with E-state index in [4.69, 9.17) is 4.74 Å². The highest BCUT2D eigenvalue weighted by Gasteiger charge is 2.38. The van der Waals surface area contributed by atoms with Crippen LogP contribution >= 0.6 is 0 Å². The van der Waals surface area contributed by atoms with Gasteiger partial charge in [0.05, 0.1) is 12.4 Å². The van der Waals surface area contributed by atoms with E-state index in [1.807, 2.05) is 0 Å². The number of anilines is 1. The van der Waals surface area contributed by atoms with Crippen molar-refractivity contribution in [2.24, 2.45) is 0 Å². The largest absolute Gasteiger partial charge is 0.506 e. The first-order valence-electron chi connectivity index (χ1n) is 9.48. The molecular weight excluding hydrogens is 465 g/mol. The maximum Gasteiger partial charge on any atom is 0.326 e. The Morgan fingerprint density at radius 3 is 2.66 bits per heavy atom. The Kier molecular flexibility index (Phi) is 5.61. The molecule has 0 radical (unpaired) electrons. The SMILES string of the molecule is COCCS(=O)(=O)N1CC=C(c2ccc3cc(O)c(N4CC(=O)NS4(=O)=O)c(F)c3c2)C1. The number of carbonyl (C=O) groups is 1. The lowest BCUT2D eigenvalue weighted by molar-refractivity contribution is -0.117. The molecule has 0 atom stereocenters. The van der Waals surface area contributed by atoms with E-state index >= 15 is 4.39 Å². The number of phenolic OH excluding ortho intramolecular Hbond substituents is 1. The van der Waals surface area contributed by atoms with Crippen molar-refractivity contribution in [1.82, 2.24) is 9.03 Å². The van der Waals surface area contributed by atoms with Crippen LogP contribution in [0.3, 0.4) is 0 Å². The number of halogens is 1. The van der Waals surface area contributed by atoms with E-state index in [9.17, 15) is 26.7 Å². The lowest BCUT2D eigenvalue weighted by Crippen LogP contribution is -2.32. The minimum absolute atomic E-state index is 0.0199. The Bertz CT molecular complexity index is 1360. The topological polar surface area (TPSA) is 133 Å². The van der Waals surface area contributed by atoms with Crippen LogP contribution in [0.1, 0.15) is 5.56 Å². The average molecular weight is 486 g/mol. The molecule has 1 fully saturated rings. The van der Waals surface area contributed by atoms with Gasteiger partial charge in [-0.05, 0) is 28.7 Å². The maximum absolute atomic E-state index is 15.4. The molecule has 0 spiro atoms. The van der Waals surface area contributed by atoms with Crippen LogP contribution in [0.2, 0.25) is 0 Å². The molecule has 2 heterocycles. The van der Waals surface area contributed by atoms with Gasteiger partial charge in [0, 0.05) is 25.6 Å². The molecule has 1 saturated heterocycles. The standard InChI is InChI=1S/C19H20FN3O7S2/c1-30-6-7-31(26,27)22-5-4-14(10-22)12-2-3-13-9-16(24)19(18(20)15(13)8-12)23-11-17(25)21-32(23,28)29/h2-4,8-9,24H,5-7,10-11H2,1H3,(H,21,25). The molecule has 0 unspecified atom stereocenters. The molecular formula is C19H20FN3O7S2. The van der Waals surface area contributed by atoms with Crippen LogP contribution in [0.25, 0.3) is 16.3 Å². The molecule has 32 heavy (non-hydrogen) atoms. The van der Waals surface area contributed by atoms with E-state index in [1.54, 1.807) is 22.9 Å². The van der Waals surface area contributed by atoms with Gasteiger partial charge in [-0.2, -0.15) is 12.7 Å². The second-order valence-corrected chi connectivity index (χ2v) is 11.0. The zero-order valence-corrected chi connectivity index (χ0v) is 18.5. The predicted octanol–water partition coefficient (Wildman–Crippen LogP) is 0.541. The van der Waals surface area contributed by atoms with Crippen LogP contribution in [-0.2, 0) is 29.8 Å². The lowest BCUT2D eigenvalue weighted by atomic mass is 10.0. The quantitative estimate of drug-likeness (QED) is 0.610. The summed E-state index contributed by atoms with van der Waals surface area (Å²) in [7, 11) is -6.42. The Labute approximate surface area is 184 Å². The highest BCUT2D eigenvalue weighted by molar-refractivity contribution is 7.92. The van der Waals surface area contributed by atoms with Crippen LogP contribution in [0.5, 0.6) is 5.75 Å². The van der Waals surface area contributed by atoms with Gasteiger partial charge in [-0.15, -0.1) is 0 Å². The summed E-state index contributed by atoms with van der Waals surface area (Å²) in [4.78, 5) is 11.5. The van der Waals surface area contributed by atoms with Crippen molar-refractivity contribution in [3.8, 4) is 5.75 Å². The first-order valence-corrected chi connectivity index (χ1v) is 12.5. The van der Waals surface area contributed by atoms with Crippen molar-refractivity contribution in [2.45, 2.75) is 0 Å². The molecule has 4 rings (SSSR count). The number of benzene rings is 2. The van der Waals surface area contributed by atoms with E-state index in [0.29, 0.717) is 20.8 Å². The first kappa shape index (κ1) is 22.5. The number of amides is 1. The van der Waals surface area contributed by atoms with Crippen molar-refractivity contribution in [2.75, 3.05) is 43.4 Å². The van der Waals surface area contributed by atoms with E-state index in [1.165, 1.54) is 23.5 Å². The van der Waals surface area contributed by atoms with Crippen molar-refractivity contribution in [3.63, 3.8) is 0 Å². The van der Waals surface area contributed by atoms with Gasteiger partial charge in [0.25, 0.3) is 5.91 Å². The zero-order chi connectivity index (χ0) is 23.3. The number of sulfonamides is 1.